The maximum absolute atomic E-state index is 12.8. The zero-order valence-electron chi connectivity index (χ0n) is 10.5. The highest BCUT2D eigenvalue weighted by atomic mass is 19.4. The van der Waals surface area contributed by atoms with Crippen LogP contribution in [0.5, 0.6) is 0 Å². The fourth-order valence-corrected chi connectivity index (χ4v) is 2.30. The van der Waals surface area contributed by atoms with E-state index in [1.165, 1.54) is 6.08 Å². The van der Waals surface area contributed by atoms with Crippen LogP contribution in [0.15, 0.2) is 23.5 Å². The van der Waals surface area contributed by atoms with Crippen molar-refractivity contribution in [1.82, 2.24) is 4.90 Å². The smallest absolute Gasteiger partial charge is 0.419 e. The van der Waals surface area contributed by atoms with Crippen LogP contribution in [0.3, 0.4) is 0 Å². The van der Waals surface area contributed by atoms with Crippen molar-refractivity contribution in [3.8, 4) is 0 Å². The summed E-state index contributed by atoms with van der Waals surface area (Å²) in [6.45, 7) is 1.76. The van der Waals surface area contributed by atoms with E-state index in [1.807, 2.05) is 7.05 Å². The van der Waals surface area contributed by atoms with Crippen LogP contribution in [0, 0.1) is 0 Å². The molecule has 2 aliphatic rings. The average Bonchev–Trinajstić information content (AvgIpc) is 2.31. The number of hydrogen-bond donors (Lipinski definition) is 0. The molecule has 0 atom stereocenters. The summed E-state index contributed by atoms with van der Waals surface area (Å²) in [5, 5.41) is 0. The van der Waals surface area contributed by atoms with Crippen molar-refractivity contribution in [2.24, 2.45) is 0 Å². The Bertz CT molecular complexity index is 352. The number of alkyl halides is 3. The molecule has 0 bridgehead atoms. The third-order valence-electron chi connectivity index (χ3n) is 3.37. The summed E-state index contributed by atoms with van der Waals surface area (Å²) in [4.78, 5) is 2.16. The fourth-order valence-electron chi connectivity index (χ4n) is 2.30. The van der Waals surface area contributed by atoms with Gasteiger partial charge in [-0.1, -0.05) is 6.08 Å². The number of allylic oxidation sites excluding steroid dienone is 3. The van der Waals surface area contributed by atoms with Crippen LogP contribution in [-0.4, -0.2) is 37.3 Å². The molecule has 1 fully saturated rings. The Labute approximate surface area is 105 Å². The quantitative estimate of drug-likeness (QED) is 0.756. The molecule has 0 aromatic carbocycles. The maximum atomic E-state index is 12.8. The van der Waals surface area contributed by atoms with Crippen molar-refractivity contribution >= 4 is 0 Å². The summed E-state index contributed by atoms with van der Waals surface area (Å²) < 4.78 is 44.0. The van der Waals surface area contributed by atoms with E-state index in [1.54, 1.807) is 6.08 Å². The van der Waals surface area contributed by atoms with Gasteiger partial charge in [-0.2, -0.15) is 13.2 Å². The number of halogens is 3. The van der Waals surface area contributed by atoms with E-state index < -0.39 is 11.7 Å². The lowest BCUT2D eigenvalue weighted by atomic mass is 10.0. The second kappa shape index (κ2) is 5.34. The van der Waals surface area contributed by atoms with E-state index in [0.717, 1.165) is 25.9 Å². The van der Waals surface area contributed by atoms with Gasteiger partial charge in [-0.25, -0.2) is 0 Å². The third-order valence-corrected chi connectivity index (χ3v) is 3.37. The topological polar surface area (TPSA) is 12.5 Å². The standard InChI is InChI=1S/C13H18F3NO/c1-17-8-6-10(7-9-17)18-12-5-3-2-4-11(12)13(14,15)16/h4-5,10H,2-3,6-9H2,1H3. The highest BCUT2D eigenvalue weighted by molar-refractivity contribution is 5.33. The van der Waals surface area contributed by atoms with Crippen LogP contribution in [0.1, 0.15) is 25.7 Å². The van der Waals surface area contributed by atoms with Gasteiger partial charge in [-0.15, -0.1) is 0 Å². The summed E-state index contributed by atoms with van der Waals surface area (Å²) in [5.74, 6) is 0.0308. The van der Waals surface area contributed by atoms with Gasteiger partial charge in [0.05, 0.1) is 5.57 Å². The minimum Gasteiger partial charge on any atom is -0.490 e. The predicted molar refractivity (Wildman–Crippen MR) is 63.1 cm³/mol. The summed E-state index contributed by atoms with van der Waals surface area (Å²) in [6.07, 6.45) is 1.06. The minimum atomic E-state index is -4.31. The van der Waals surface area contributed by atoms with Crippen molar-refractivity contribution in [2.45, 2.75) is 38.0 Å². The van der Waals surface area contributed by atoms with E-state index in [9.17, 15) is 13.2 Å². The molecule has 0 saturated carbocycles. The first-order valence-corrected chi connectivity index (χ1v) is 6.30. The normalized spacial score (nSPS) is 23.6. The Morgan fingerprint density at radius 1 is 1.17 bits per heavy atom. The van der Waals surface area contributed by atoms with Gasteiger partial charge < -0.3 is 9.64 Å². The fraction of sp³-hybridized carbons (Fsp3) is 0.692. The number of rotatable bonds is 2. The first-order valence-electron chi connectivity index (χ1n) is 6.30. The molecule has 1 aliphatic heterocycles. The molecule has 18 heavy (non-hydrogen) atoms. The van der Waals surface area contributed by atoms with E-state index in [2.05, 4.69) is 4.90 Å². The van der Waals surface area contributed by atoms with Gasteiger partial charge >= 0.3 is 6.18 Å². The Morgan fingerprint density at radius 2 is 1.78 bits per heavy atom. The molecule has 1 aliphatic carbocycles. The van der Waals surface area contributed by atoms with E-state index in [-0.39, 0.29) is 11.9 Å². The van der Waals surface area contributed by atoms with Gasteiger partial charge in [0.15, 0.2) is 0 Å². The molecular weight excluding hydrogens is 243 g/mol. The molecule has 0 amide bonds. The van der Waals surface area contributed by atoms with Crippen LogP contribution < -0.4 is 0 Å². The largest absolute Gasteiger partial charge is 0.490 e. The number of nitrogens with zero attached hydrogens (tertiary/aromatic N) is 1. The monoisotopic (exact) mass is 261 g/mol. The van der Waals surface area contributed by atoms with E-state index in [4.69, 9.17) is 4.74 Å². The summed E-state index contributed by atoms with van der Waals surface area (Å²) >= 11 is 0. The summed E-state index contributed by atoms with van der Waals surface area (Å²) in [6, 6.07) is 0. The first kappa shape index (κ1) is 13.5. The number of hydrogen-bond acceptors (Lipinski definition) is 2. The zero-order chi connectivity index (χ0) is 13.2. The van der Waals surface area contributed by atoms with Crippen molar-refractivity contribution < 1.29 is 17.9 Å². The third kappa shape index (κ3) is 3.28. The molecule has 0 aromatic heterocycles. The molecule has 2 nitrogen and oxygen atoms in total. The average molecular weight is 261 g/mol. The van der Waals surface area contributed by atoms with Crippen LogP contribution in [-0.2, 0) is 4.74 Å². The van der Waals surface area contributed by atoms with Crippen LogP contribution >= 0.6 is 0 Å². The molecule has 0 aromatic rings. The molecule has 2 rings (SSSR count). The SMILES string of the molecule is CN1CCC(OC2=CCCC=C2C(F)(F)F)CC1. The lowest BCUT2D eigenvalue weighted by Gasteiger charge is -2.31. The molecule has 1 saturated heterocycles. The molecule has 102 valence electrons. The maximum Gasteiger partial charge on any atom is 0.419 e. The van der Waals surface area contributed by atoms with Crippen LogP contribution in [0.4, 0.5) is 13.2 Å². The van der Waals surface area contributed by atoms with Crippen molar-refractivity contribution in [2.75, 3.05) is 20.1 Å². The highest BCUT2D eigenvalue weighted by Crippen LogP contribution is 2.36. The zero-order valence-corrected chi connectivity index (χ0v) is 10.5. The Balaban J connectivity index is 1.99. The number of piperidine rings is 1. The molecule has 0 unspecified atom stereocenters. The van der Waals surface area contributed by atoms with Gasteiger partial charge in [0.2, 0.25) is 0 Å². The Kier molecular flexibility index (Phi) is 4.00. The van der Waals surface area contributed by atoms with Gasteiger partial charge in [-0.05, 0) is 38.8 Å². The van der Waals surface area contributed by atoms with Crippen LogP contribution in [0.25, 0.3) is 0 Å². The first-order chi connectivity index (χ1) is 8.47. The van der Waals surface area contributed by atoms with Gasteiger partial charge in [-0.3, -0.25) is 0 Å². The second-order valence-corrected chi connectivity index (χ2v) is 4.88. The number of ether oxygens (including phenoxy) is 1. The van der Waals surface area contributed by atoms with Gasteiger partial charge in [0, 0.05) is 13.1 Å². The van der Waals surface area contributed by atoms with Gasteiger partial charge in [0.1, 0.15) is 11.9 Å². The molecule has 5 heteroatoms. The van der Waals surface area contributed by atoms with E-state index in [0.29, 0.717) is 12.8 Å². The summed E-state index contributed by atoms with van der Waals surface area (Å²) in [5.41, 5.74) is -0.604. The molecular formula is C13H18F3NO. The molecule has 0 radical (unpaired) electrons. The lowest BCUT2D eigenvalue weighted by Crippen LogP contribution is -2.34. The van der Waals surface area contributed by atoms with Crippen LogP contribution in [0.2, 0.25) is 0 Å². The van der Waals surface area contributed by atoms with Crippen molar-refractivity contribution in [3.63, 3.8) is 0 Å². The molecule has 0 spiro atoms. The van der Waals surface area contributed by atoms with Gasteiger partial charge in [0.25, 0.3) is 0 Å². The van der Waals surface area contributed by atoms with Crippen molar-refractivity contribution in [3.05, 3.63) is 23.5 Å². The Morgan fingerprint density at radius 3 is 2.39 bits per heavy atom. The second-order valence-electron chi connectivity index (χ2n) is 4.88. The summed E-state index contributed by atoms with van der Waals surface area (Å²) in [7, 11) is 2.01. The number of likely N-dealkylation sites (tertiary alicyclic amines) is 1. The van der Waals surface area contributed by atoms with Crippen molar-refractivity contribution in [1.29, 1.82) is 0 Å². The Hall–Kier alpha value is -0.970. The van der Waals surface area contributed by atoms with E-state index >= 15 is 0 Å². The molecule has 0 N–H and O–H groups in total. The highest BCUT2D eigenvalue weighted by Gasteiger charge is 2.38. The minimum absolute atomic E-state index is 0.0308. The predicted octanol–water partition coefficient (Wildman–Crippen LogP) is 3.26. The lowest BCUT2D eigenvalue weighted by molar-refractivity contribution is -0.0969. The molecule has 1 heterocycles.